The van der Waals surface area contributed by atoms with Crippen LogP contribution in [-0.2, 0) is 15.6 Å². The van der Waals surface area contributed by atoms with Gasteiger partial charge in [-0.1, -0.05) is 44.0 Å². The number of fused-ring (bicyclic) bond motifs is 6. The number of benzene rings is 1. The predicted molar refractivity (Wildman–Crippen MR) is 95.7 cm³/mol. The molecule has 4 nitrogen and oxygen atoms in total. The zero-order valence-electron chi connectivity index (χ0n) is 14.1. The molecule has 2 unspecified atom stereocenters. The molecule has 0 radical (unpaired) electrons. The first-order valence-corrected chi connectivity index (χ1v) is 8.84. The quantitative estimate of drug-likeness (QED) is 0.832. The summed E-state index contributed by atoms with van der Waals surface area (Å²) in [7, 11) is 1.69. The molecular formula is C18H19Cl2N3O. The van der Waals surface area contributed by atoms with E-state index in [4.69, 9.17) is 33.2 Å². The number of aromatic nitrogens is 2. The number of likely N-dealkylation sites (N-methyl/N-ethyl adjacent to an activating group) is 1. The lowest BCUT2D eigenvalue weighted by atomic mass is 9.63. The van der Waals surface area contributed by atoms with Gasteiger partial charge < -0.3 is 5.32 Å². The van der Waals surface area contributed by atoms with E-state index in [9.17, 15) is 4.79 Å². The van der Waals surface area contributed by atoms with Crippen LogP contribution in [0.4, 0.5) is 0 Å². The van der Waals surface area contributed by atoms with E-state index in [1.54, 1.807) is 19.2 Å². The van der Waals surface area contributed by atoms with Crippen molar-refractivity contribution in [3.05, 3.63) is 33.6 Å². The second kappa shape index (κ2) is 4.61. The molecule has 1 heterocycles. The Labute approximate surface area is 151 Å². The highest BCUT2D eigenvalue weighted by atomic mass is 35.5. The van der Waals surface area contributed by atoms with E-state index in [-0.39, 0.29) is 16.7 Å². The Morgan fingerprint density at radius 3 is 2.12 bits per heavy atom. The van der Waals surface area contributed by atoms with Gasteiger partial charge in [0.05, 0.1) is 37.9 Å². The van der Waals surface area contributed by atoms with Gasteiger partial charge in [0.25, 0.3) is 0 Å². The minimum absolute atomic E-state index is 0.0173. The SMILES string of the molecule is CNC(=O)C12CCC(C)(c3nc4cc(Cl)c(Cl)cc4nc31)C2(C)C. The molecule has 1 aromatic heterocycles. The summed E-state index contributed by atoms with van der Waals surface area (Å²) in [4.78, 5) is 22.7. The highest BCUT2D eigenvalue weighted by Crippen LogP contribution is 2.70. The average Bonchev–Trinajstić information content (AvgIpc) is 2.83. The summed E-state index contributed by atoms with van der Waals surface area (Å²) in [6, 6.07) is 3.48. The maximum Gasteiger partial charge on any atom is 0.232 e. The normalized spacial score (nSPS) is 29.8. The summed E-state index contributed by atoms with van der Waals surface area (Å²) < 4.78 is 0. The van der Waals surface area contributed by atoms with Gasteiger partial charge in [0.1, 0.15) is 0 Å². The van der Waals surface area contributed by atoms with Gasteiger partial charge in [-0.25, -0.2) is 9.97 Å². The van der Waals surface area contributed by atoms with Gasteiger partial charge >= 0.3 is 0 Å². The number of nitrogens with zero attached hydrogens (tertiary/aromatic N) is 2. The highest BCUT2D eigenvalue weighted by Gasteiger charge is 2.73. The monoisotopic (exact) mass is 363 g/mol. The molecule has 0 aliphatic heterocycles. The Morgan fingerprint density at radius 2 is 1.58 bits per heavy atom. The van der Waals surface area contributed by atoms with Gasteiger partial charge in [0.15, 0.2) is 0 Å². The van der Waals surface area contributed by atoms with Gasteiger partial charge in [0, 0.05) is 12.5 Å². The third-order valence-electron chi connectivity index (χ3n) is 6.69. The van der Waals surface area contributed by atoms with Crippen molar-refractivity contribution < 1.29 is 4.79 Å². The number of carbonyl (C=O) groups is 1. The van der Waals surface area contributed by atoms with Crippen LogP contribution in [0, 0.1) is 5.41 Å². The lowest BCUT2D eigenvalue weighted by Gasteiger charge is -2.39. The minimum atomic E-state index is -0.654. The summed E-state index contributed by atoms with van der Waals surface area (Å²) in [6.07, 6.45) is 1.70. The number of carbonyl (C=O) groups excluding carboxylic acids is 1. The number of halogens is 2. The summed E-state index contributed by atoms with van der Waals surface area (Å²) in [5.74, 6) is 0.0173. The second-order valence-corrected chi connectivity index (χ2v) is 8.43. The van der Waals surface area contributed by atoms with E-state index in [2.05, 4.69) is 26.1 Å². The van der Waals surface area contributed by atoms with Crippen molar-refractivity contribution >= 4 is 40.1 Å². The van der Waals surface area contributed by atoms with Crippen LogP contribution < -0.4 is 5.32 Å². The molecule has 126 valence electrons. The van der Waals surface area contributed by atoms with E-state index >= 15 is 0 Å². The molecule has 1 saturated carbocycles. The maximum absolute atomic E-state index is 12.9. The van der Waals surface area contributed by atoms with Crippen LogP contribution in [0.3, 0.4) is 0 Å². The van der Waals surface area contributed by atoms with Crippen molar-refractivity contribution in [2.45, 2.75) is 44.4 Å². The van der Waals surface area contributed by atoms with Crippen LogP contribution in [-0.4, -0.2) is 22.9 Å². The van der Waals surface area contributed by atoms with E-state index in [1.807, 2.05) is 0 Å². The molecule has 1 aromatic carbocycles. The van der Waals surface area contributed by atoms with Crippen LogP contribution in [0.2, 0.25) is 10.0 Å². The van der Waals surface area contributed by atoms with E-state index in [1.165, 1.54) is 0 Å². The third kappa shape index (κ3) is 1.55. The molecule has 1 amide bonds. The number of hydrogen-bond acceptors (Lipinski definition) is 3. The van der Waals surface area contributed by atoms with Crippen LogP contribution in [0.5, 0.6) is 0 Å². The number of nitrogens with one attached hydrogen (secondary N) is 1. The van der Waals surface area contributed by atoms with Crippen LogP contribution in [0.1, 0.15) is 45.0 Å². The molecule has 2 atom stereocenters. The molecule has 2 aliphatic rings. The molecule has 1 fully saturated rings. The Balaban J connectivity index is 2.11. The molecule has 0 saturated heterocycles. The molecule has 2 bridgehead atoms. The van der Waals surface area contributed by atoms with Gasteiger partial charge in [0.2, 0.25) is 5.91 Å². The topological polar surface area (TPSA) is 54.9 Å². The minimum Gasteiger partial charge on any atom is -0.358 e. The second-order valence-electron chi connectivity index (χ2n) is 7.62. The summed E-state index contributed by atoms with van der Waals surface area (Å²) >= 11 is 12.3. The Morgan fingerprint density at radius 1 is 1.04 bits per heavy atom. The van der Waals surface area contributed by atoms with Gasteiger partial charge in [-0.15, -0.1) is 0 Å². The standard InChI is InChI=1S/C18H19Cl2N3O/c1-16(2)17(3)5-6-18(16,15(24)21-4)14-13(17)22-11-7-9(19)10(20)8-12(11)23-14/h7-8H,5-6H2,1-4H3,(H,21,24). The third-order valence-corrected chi connectivity index (χ3v) is 7.42. The molecule has 0 spiro atoms. The average molecular weight is 364 g/mol. The molecule has 24 heavy (non-hydrogen) atoms. The number of hydrogen-bond donors (Lipinski definition) is 1. The summed E-state index contributed by atoms with van der Waals surface area (Å²) in [5, 5.41) is 3.76. The fraction of sp³-hybridized carbons (Fsp3) is 0.500. The first kappa shape index (κ1) is 16.1. The zero-order valence-corrected chi connectivity index (χ0v) is 15.6. The molecule has 1 N–H and O–H groups in total. The summed E-state index contributed by atoms with van der Waals surface area (Å²) in [6.45, 7) is 6.51. The van der Waals surface area contributed by atoms with Crippen molar-refractivity contribution in [1.29, 1.82) is 0 Å². The van der Waals surface area contributed by atoms with Gasteiger partial charge in [-0.3, -0.25) is 4.79 Å². The molecule has 2 aromatic rings. The van der Waals surface area contributed by atoms with Crippen molar-refractivity contribution in [3.63, 3.8) is 0 Å². The Bertz CT molecular complexity index is 911. The Kier molecular flexibility index (Phi) is 3.09. The van der Waals surface area contributed by atoms with E-state index < -0.39 is 5.41 Å². The van der Waals surface area contributed by atoms with Crippen molar-refractivity contribution in [2.24, 2.45) is 5.41 Å². The van der Waals surface area contributed by atoms with Gasteiger partial charge in [-0.2, -0.15) is 0 Å². The van der Waals surface area contributed by atoms with Crippen LogP contribution >= 0.6 is 23.2 Å². The predicted octanol–water partition coefficient (Wildman–Crippen LogP) is 4.01. The summed E-state index contributed by atoms with van der Waals surface area (Å²) in [5.41, 5.74) is 2.01. The first-order chi connectivity index (χ1) is 11.2. The molecule has 2 aliphatic carbocycles. The van der Waals surface area contributed by atoms with E-state index in [0.29, 0.717) is 15.6 Å². The van der Waals surface area contributed by atoms with Crippen LogP contribution in [0.15, 0.2) is 12.1 Å². The molecule has 4 rings (SSSR count). The lowest BCUT2D eigenvalue weighted by molar-refractivity contribution is -0.129. The molecular weight excluding hydrogens is 345 g/mol. The van der Waals surface area contributed by atoms with Gasteiger partial charge in [-0.05, 0) is 30.4 Å². The fourth-order valence-corrected chi connectivity index (χ4v) is 5.13. The van der Waals surface area contributed by atoms with Crippen molar-refractivity contribution in [3.8, 4) is 0 Å². The number of rotatable bonds is 1. The van der Waals surface area contributed by atoms with Crippen LogP contribution in [0.25, 0.3) is 11.0 Å². The lowest BCUT2D eigenvalue weighted by Crippen LogP contribution is -2.50. The maximum atomic E-state index is 12.9. The molecule has 6 heteroatoms. The first-order valence-electron chi connectivity index (χ1n) is 8.09. The fourth-order valence-electron chi connectivity index (χ4n) is 4.81. The van der Waals surface area contributed by atoms with E-state index in [0.717, 1.165) is 29.7 Å². The van der Waals surface area contributed by atoms with Crippen molar-refractivity contribution in [2.75, 3.05) is 7.05 Å². The smallest absolute Gasteiger partial charge is 0.232 e. The largest absolute Gasteiger partial charge is 0.358 e. The Hall–Kier alpha value is -1.39. The number of amides is 1. The zero-order chi connectivity index (χ0) is 17.5. The highest BCUT2D eigenvalue weighted by molar-refractivity contribution is 6.42. The van der Waals surface area contributed by atoms with Crippen molar-refractivity contribution in [1.82, 2.24) is 15.3 Å².